The summed E-state index contributed by atoms with van der Waals surface area (Å²) < 4.78 is 0. The number of carbonyl (C=O) groups is 1. The Morgan fingerprint density at radius 2 is 2.07 bits per heavy atom. The summed E-state index contributed by atoms with van der Waals surface area (Å²) in [5.74, 6) is -0.699. The van der Waals surface area contributed by atoms with Gasteiger partial charge >= 0.3 is 5.97 Å². The van der Waals surface area contributed by atoms with Crippen molar-refractivity contribution in [2.24, 2.45) is 0 Å². The molecule has 3 heteroatoms. The Labute approximate surface area is 89.3 Å². The quantitative estimate of drug-likeness (QED) is 0.755. The van der Waals surface area contributed by atoms with Crippen molar-refractivity contribution in [2.75, 3.05) is 6.54 Å². The first-order valence-corrected chi connectivity index (χ1v) is 5.22. The van der Waals surface area contributed by atoms with E-state index < -0.39 is 5.97 Å². The Hall–Kier alpha value is -1.35. The van der Waals surface area contributed by atoms with Gasteiger partial charge in [-0.05, 0) is 18.9 Å². The first-order chi connectivity index (χ1) is 7.20. The minimum Gasteiger partial charge on any atom is -0.480 e. The van der Waals surface area contributed by atoms with Gasteiger partial charge in [-0.3, -0.25) is 9.69 Å². The summed E-state index contributed by atoms with van der Waals surface area (Å²) in [7, 11) is 0. The molecule has 0 aromatic heterocycles. The fourth-order valence-electron chi connectivity index (χ4n) is 2.00. The van der Waals surface area contributed by atoms with Crippen LogP contribution in [-0.2, 0) is 11.2 Å². The highest BCUT2D eigenvalue weighted by Gasteiger charge is 2.48. The van der Waals surface area contributed by atoms with Crippen LogP contribution < -0.4 is 0 Å². The van der Waals surface area contributed by atoms with E-state index in [4.69, 9.17) is 5.11 Å². The van der Waals surface area contributed by atoms with Crippen molar-refractivity contribution >= 4 is 5.97 Å². The first-order valence-electron chi connectivity index (χ1n) is 5.22. The molecule has 2 rings (SSSR count). The van der Waals surface area contributed by atoms with Gasteiger partial charge in [-0.1, -0.05) is 30.3 Å². The minimum absolute atomic E-state index is 0.200. The van der Waals surface area contributed by atoms with Gasteiger partial charge in [0.2, 0.25) is 0 Å². The molecule has 1 aliphatic rings. The Bertz CT molecular complexity index is 350. The monoisotopic (exact) mass is 205 g/mol. The molecule has 0 aliphatic carbocycles. The lowest BCUT2D eigenvalue weighted by atomic mass is 10.1. The zero-order chi connectivity index (χ0) is 10.8. The van der Waals surface area contributed by atoms with Gasteiger partial charge in [-0.25, -0.2) is 0 Å². The number of hydrogen-bond acceptors (Lipinski definition) is 2. The van der Waals surface area contributed by atoms with Crippen LogP contribution in [-0.4, -0.2) is 34.6 Å². The third-order valence-corrected chi connectivity index (χ3v) is 3.00. The molecule has 0 bridgehead atoms. The molecule has 15 heavy (non-hydrogen) atoms. The fraction of sp³-hybridized carbons (Fsp3) is 0.417. The first kappa shape index (κ1) is 10.2. The maximum absolute atomic E-state index is 10.8. The second kappa shape index (κ2) is 4.03. The summed E-state index contributed by atoms with van der Waals surface area (Å²) in [6, 6.07) is 10.1. The van der Waals surface area contributed by atoms with Gasteiger partial charge in [0.1, 0.15) is 6.04 Å². The summed E-state index contributed by atoms with van der Waals surface area (Å²) in [4.78, 5) is 12.8. The lowest BCUT2D eigenvalue weighted by molar-refractivity contribution is -0.137. The molecule has 1 N–H and O–H groups in total. The average molecular weight is 205 g/mol. The largest absolute Gasteiger partial charge is 0.480 e. The van der Waals surface area contributed by atoms with Crippen LogP contribution in [0.4, 0.5) is 0 Å². The number of nitrogens with zero attached hydrogens (tertiary/aromatic N) is 1. The lowest BCUT2D eigenvalue weighted by Crippen LogP contribution is -2.13. The minimum atomic E-state index is -0.699. The van der Waals surface area contributed by atoms with Crippen LogP contribution in [0.1, 0.15) is 12.5 Å². The van der Waals surface area contributed by atoms with Crippen molar-refractivity contribution in [3.63, 3.8) is 0 Å². The topological polar surface area (TPSA) is 40.3 Å². The summed E-state index contributed by atoms with van der Waals surface area (Å²) in [5, 5.41) is 8.85. The number of aliphatic carboxylic acids is 1. The fourth-order valence-corrected chi connectivity index (χ4v) is 2.00. The van der Waals surface area contributed by atoms with Crippen LogP contribution in [0.15, 0.2) is 30.3 Å². The van der Waals surface area contributed by atoms with Crippen LogP contribution in [0.2, 0.25) is 0 Å². The molecule has 3 atom stereocenters. The summed E-state index contributed by atoms with van der Waals surface area (Å²) in [6.07, 6.45) is 0.926. The number of carboxylic acids is 1. The third-order valence-electron chi connectivity index (χ3n) is 3.00. The van der Waals surface area contributed by atoms with Gasteiger partial charge in [-0.15, -0.1) is 0 Å². The van der Waals surface area contributed by atoms with Gasteiger partial charge in [0.15, 0.2) is 0 Å². The van der Waals surface area contributed by atoms with Gasteiger partial charge in [0.25, 0.3) is 0 Å². The van der Waals surface area contributed by atoms with Crippen LogP contribution in [0.25, 0.3) is 0 Å². The molecule has 0 saturated carbocycles. The average Bonchev–Trinajstić information content (AvgIpc) is 2.88. The van der Waals surface area contributed by atoms with Crippen LogP contribution >= 0.6 is 0 Å². The van der Waals surface area contributed by atoms with E-state index in [9.17, 15) is 4.79 Å². The summed E-state index contributed by atoms with van der Waals surface area (Å²) in [5.41, 5.74) is 1.26. The molecule has 80 valence electrons. The van der Waals surface area contributed by atoms with E-state index in [2.05, 4.69) is 12.1 Å². The highest BCUT2D eigenvalue weighted by atomic mass is 16.4. The zero-order valence-corrected chi connectivity index (χ0v) is 8.76. The number of rotatable bonds is 4. The molecule has 1 aromatic carbocycles. The molecule has 1 fully saturated rings. The van der Waals surface area contributed by atoms with E-state index in [1.807, 2.05) is 30.0 Å². The smallest absolute Gasteiger partial charge is 0.322 e. The van der Waals surface area contributed by atoms with Crippen molar-refractivity contribution in [1.82, 2.24) is 4.90 Å². The van der Waals surface area contributed by atoms with E-state index in [1.54, 1.807) is 0 Å². The predicted molar refractivity (Wildman–Crippen MR) is 57.7 cm³/mol. The predicted octanol–water partition coefficient (Wildman–Crippen LogP) is 1.39. The molecule has 0 spiro atoms. The normalized spacial score (nSPS) is 28.7. The maximum atomic E-state index is 10.8. The van der Waals surface area contributed by atoms with Crippen molar-refractivity contribution in [3.8, 4) is 0 Å². The molecular weight excluding hydrogens is 190 g/mol. The van der Waals surface area contributed by atoms with Crippen molar-refractivity contribution in [2.45, 2.75) is 25.4 Å². The van der Waals surface area contributed by atoms with E-state index >= 15 is 0 Å². The molecule has 1 unspecified atom stereocenters. The Balaban J connectivity index is 1.83. The van der Waals surface area contributed by atoms with Crippen LogP contribution in [0, 0.1) is 0 Å². The van der Waals surface area contributed by atoms with E-state index in [0.717, 1.165) is 13.0 Å². The van der Waals surface area contributed by atoms with Gasteiger partial charge in [0.05, 0.1) is 0 Å². The highest BCUT2D eigenvalue weighted by Crippen LogP contribution is 2.27. The van der Waals surface area contributed by atoms with Gasteiger partial charge in [-0.2, -0.15) is 0 Å². The summed E-state index contributed by atoms with van der Waals surface area (Å²) >= 11 is 0. The van der Waals surface area contributed by atoms with E-state index in [0.29, 0.717) is 0 Å². The van der Waals surface area contributed by atoms with Crippen LogP contribution in [0.3, 0.4) is 0 Å². The Morgan fingerprint density at radius 3 is 2.60 bits per heavy atom. The summed E-state index contributed by atoms with van der Waals surface area (Å²) in [6.45, 7) is 2.80. The Kier molecular flexibility index (Phi) is 2.73. The molecule has 0 amide bonds. The lowest BCUT2D eigenvalue weighted by Gasteiger charge is -2.02. The van der Waals surface area contributed by atoms with Crippen molar-refractivity contribution in [3.05, 3.63) is 35.9 Å². The standard InChI is InChI=1S/C12H15NO2/c1-9-11(12(14)15)13(9)8-7-10-5-3-2-4-6-10/h2-6,9,11H,7-8H2,1H3,(H,14,15)/t9-,11-,13?/m0/s1. The second-order valence-corrected chi connectivity index (χ2v) is 4.00. The van der Waals surface area contributed by atoms with Gasteiger partial charge in [0, 0.05) is 12.6 Å². The van der Waals surface area contributed by atoms with Gasteiger partial charge < -0.3 is 5.11 Å². The Morgan fingerprint density at radius 1 is 1.40 bits per heavy atom. The van der Waals surface area contributed by atoms with Crippen molar-refractivity contribution in [1.29, 1.82) is 0 Å². The van der Waals surface area contributed by atoms with Crippen LogP contribution in [0.5, 0.6) is 0 Å². The van der Waals surface area contributed by atoms with E-state index in [1.165, 1.54) is 5.56 Å². The number of carboxylic acid groups (broad SMARTS) is 1. The molecular formula is C12H15NO2. The molecule has 1 saturated heterocycles. The number of benzene rings is 1. The highest BCUT2D eigenvalue weighted by molar-refractivity contribution is 5.78. The maximum Gasteiger partial charge on any atom is 0.322 e. The molecule has 1 heterocycles. The molecule has 3 nitrogen and oxygen atoms in total. The van der Waals surface area contributed by atoms with E-state index in [-0.39, 0.29) is 12.1 Å². The third kappa shape index (κ3) is 2.18. The molecule has 0 radical (unpaired) electrons. The SMILES string of the molecule is C[C@H]1[C@@H](C(=O)O)N1CCc1ccccc1. The second-order valence-electron chi connectivity index (χ2n) is 4.00. The molecule has 1 aliphatic heterocycles. The number of hydrogen-bond donors (Lipinski definition) is 1. The molecule has 1 aromatic rings. The van der Waals surface area contributed by atoms with Crippen molar-refractivity contribution < 1.29 is 9.90 Å². The zero-order valence-electron chi connectivity index (χ0n) is 8.76.